The normalized spacial score (nSPS) is 18.4. The summed E-state index contributed by atoms with van der Waals surface area (Å²) in [6.45, 7) is 8.12. The van der Waals surface area contributed by atoms with Gasteiger partial charge in [0, 0.05) is 50.2 Å². The molecule has 0 aliphatic carbocycles. The van der Waals surface area contributed by atoms with Crippen LogP contribution in [0.5, 0.6) is 0 Å². The van der Waals surface area contributed by atoms with Crippen LogP contribution < -0.4 is 4.90 Å². The van der Waals surface area contributed by atoms with Crippen LogP contribution in [0.3, 0.4) is 0 Å². The summed E-state index contributed by atoms with van der Waals surface area (Å²) in [5.74, 6) is 1.91. The number of aromatic nitrogens is 2. The van der Waals surface area contributed by atoms with Crippen LogP contribution in [0.15, 0.2) is 35.7 Å². The highest BCUT2D eigenvalue weighted by molar-refractivity contribution is 7.17. The number of nitrogens with zero attached hydrogens (tertiary/aromatic N) is 6. The second-order valence-electron chi connectivity index (χ2n) is 7.97. The first-order valence-electron chi connectivity index (χ1n) is 10.8. The maximum Gasteiger partial charge on any atom is 0.146 e. The average molecular weight is 435 g/mol. The molecule has 0 bridgehead atoms. The van der Waals surface area contributed by atoms with Crippen molar-refractivity contribution in [3.63, 3.8) is 0 Å². The van der Waals surface area contributed by atoms with Crippen LogP contribution in [-0.4, -0.2) is 78.8 Å². The van der Waals surface area contributed by atoms with Gasteiger partial charge in [-0.05, 0) is 5.56 Å². The monoisotopic (exact) mass is 434 g/mol. The number of anilines is 1. The molecule has 8 heteroatoms. The Labute approximate surface area is 186 Å². The van der Waals surface area contributed by atoms with Gasteiger partial charge in [0.05, 0.1) is 37.8 Å². The SMILES string of the molecule is N#CCN1CCN(c2nc(CN3CCOCC3)nc3scc(-c4ccccc4)c23)CC1. The molecule has 2 aliphatic rings. The van der Waals surface area contributed by atoms with Gasteiger partial charge in [0.1, 0.15) is 16.5 Å². The lowest BCUT2D eigenvalue weighted by Gasteiger charge is -2.35. The van der Waals surface area contributed by atoms with Crippen LogP contribution >= 0.6 is 11.3 Å². The molecule has 0 unspecified atom stereocenters. The van der Waals surface area contributed by atoms with Crippen LogP contribution in [0.1, 0.15) is 5.82 Å². The summed E-state index contributed by atoms with van der Waals surface area (Å²) in [4.78, 5) is 18.1. The lowest BCUT2D eigenvalue weighted by Crippen LogP contribution is -2.47. The van der Waals surface area contributed by atoms with Gasteiger partial charge in [-0.15, -0.1) is 11.3 Å². The van der Waals surface area contributed by atoms with E-state index in [-0.39, 0.29) is 0 Å². The molecular weight excluding hydrogens is 408 g/mol. The second kappa shape index (κ2) is 9.28. The van der Waals surface area contributed by atoms with Gasteiger partial charge in [-0.3, -0.25) is 9.80 Å². The maximum atomic E-state index is 9.03. The molecule has 0 N–H and O–H groups in total. The Morgan fingerprint density at radius 2 is 1.74 bits per heavy atom. The Morgan fingerprint density at radius 3 is 2.48 bits per heavy atom. The fourth-order valence-electron chi connectivity index (χ4n) is 4.27. The summed E-state index contributed by atoms with van der Waals surface area (Å²) in [6, 6.07) is 12.8. The Bertz CT molecular complexity index is 1060. The van der Waals surface area contributed by atoms with Crippen LogP contribution in [0.25, 0.3) is 21.3 Å². The fraction of sp³-hybridized carbons (Fsp3) is 0.435. The van der Waals surface area contributed by atoms with Crippen molar-refractivity contribution >= 4 is 27.4 Å². The molecule has 31 heavy (non-hydrogen) atoms. The predicted octanol–water partition coefficient (Wildman–Crippen LogP) is 2.84. The van der Waals surface area contributed by atoms with Gasteiger partial charge in [-0.1, -0.05) is 30.3 Å². The van der Waals surface area contributed by atoms with E-state index in [2.05, 4.69) is 50.4 Å². The van der Waals surface area contributed by atoms with E-state index >= 15 is 0 Å². The van der Waals surface area contributed by atoms with Crippen molar-refractivity contribution in [3.05, 3.63) is 41.5 Å². The van der Waals surface area contributed by atoms with Crippen molar-refractivity contribution in [2.75, 3.05) is 63.9 Å². The molecule has 0 saturated carbocycles. The Hall–Kier alpha value is -2.57. The fourth-order valence-corrected chi connectivity index (χ4v) is 5.23. The minimum Gasteiger partial charge on any atom is -0.379 e. The Balaban J connectivity index is 1.52. The van der Waals surface area contributed by atoms with E-state index in [1.54, 1.807) is 11.3 Å². The molecule has 160 valence electrons. The second-order valence-corrected chi connectivity index (χ2v) is 8.83. The van der Waals surface area contributed by atoms with E-state index in [1.807, 2.05) is 6.07 Å². The topological polar surface area (TPSA) is 68.5 Å². The first-order valence-corrected chi connectivity index (χ1v) is 11.7. The molecule has 1 aromatic carbocycles. The van der Waals surface area contributed by atoms with Crippen molar-refractivity contribution in [3.8, 4) is 17.2 Å². The summed E-state index contributed by atoms with van der Waals surface area (Å²) in [6.07, 6.45) is 0. The summed E-state index contributed by atoms with van der Waals surface area (Å²) >= 11 is 1.70. The quantitative estimate of drug-likeness (QED) is 0.572. The molecule has 2 aromatic heterocycles. The molecule has 0 radical (unpaired) electrons. The number of morpholine rings is 1. The van der Waals surface area contributed by atoms with E-state index in [0.29, 0.717) is 6.54 Å². The van der Waals surface area contributed by atoms with E-state index in [0.717, 1.165) is 80.9 Å². The Kier molecular flexibility index (Phi) is 6.09. The van der Waals surface area contributed by atoms with Gasteiger partial charge < -0.3 is 9.64 Å². The Morgan fingerprint density at radius 1 is 0.968 bits per heavy atom. The number of piperazine rings is 1. The molecule has 7 nitrogen and oxygen atoms in total. The van der Waals surface area contributed by atoms with Gasteiger partial charge in [0.15, 0.2) is 0 Å². The molecule has 5 rings (SSSR count). The first-order chi connectivity index (χ1) is 15.3. The van der Waals surface area contributed by atoms with Gasteiger partial charge in [-0.2, -0.15) is 5.26 Å². The number of thiophene rings is 1. The number of hydrogen-bond donors (Lipinski definition) is 0. The number of rotatable bonds is 5. The number of benzene rings is 1. The average Bonchev–Trinajstić information content (AvgIpc) is 3.25. The van der Waals surface area contributed by atoms with Crippen LogP contribution in [0.4, 0.5) is 5.82 Å². The molecule has 0 amide bonds. The molecule has 2 fully saturated rings. The molecule has 4 heterocycles. The highest BCUT2D eigenvalue weighted by atomic mass is 32.1. The van der Waals surface area contributed by atoms with E-state index < -0.39 is 0 Å². The zero-order valence-electron chi connectivity index (χ0n) is 17.5. The van der Waals surface area contributed by atoms with Crippen LogP contribution in [-0.2, 0) is 11.3 Å². The summed E-state index contributed by atoms with van der Waals surface area (Å²) < 4.78 is 5.49. The molecule has 2 aliphatic heterocycles. The highest BCUT2D eigenvalue weighted by Crippen LogP contribution is 2.38. The molecule has 0 atom stereocenters. The van der Waals surface area contributed by atoms with Crippen molar-refractivity contribution in [1.82, 2.24) is 19.8 Å². The number of hydrogen-bond acceptors (Lipinski definition) is 8. The highest BCUT2D eigenvalue weighted by Gasteiger charge is 2.24. The van der Waals surface area contributed by atoms with E-state index in [9.17, 15) is 0 Å². The van der Waals surface area contributed by atoms with E-state index in [1.165, 1.54) is 11.1 Å². The lowest BCUT2D eigenvalue weighted by atomic mass is 10.1. The van der Waals surface area contributed by atoms with Gasteiger partial charge in [0.25, 0.3) is 0 Å². The minimum atomic E-state index is 0.489. The molecule has 0 spiro atoms. The lowest BCUT2D eigenvalue weighted by molar-refractivity contribution is 0.0331. The molecular formula is C23H26N6OS. The third kappa shape index (κ3) is 4.41. The summed E-state index contributed by atoms with van der Waals surface area (Å²) in [5, 5.41) is 12.4. The number of fused-ring (bicyclic) bond motifs is 1. The van der Waals surface area contributed by atoms with E-state index in [4.69, 9.17) is 20.0 Å². The largest absolute Gasteiger partial charge is 0.379 e. The van der Waals surface area contributed by atoms with Crippen molar-refractivity contribution in [2.45, 2.75) is 6.54 Å². The maximum absolute atomic E-state index is 9.03. The summed E-state index contributed by atoms with van der Waals surface area (Å²) in [7, 11) is 0. The predicted molar refractivity (Wildman–Crippen MR) is 123 cm³/mol. The zero-order valence-corrected chi connectivity index (χ0v) is 18.4. The molecule has 2 saturated heterocycles. The number of ether oxygens (including phenoxy) is 1. The van der Waals surface area contributed by atoms with Crippen molar-refractivity contribution in [1.29, 1.82) is 5.26 Å². The van der Waals surface area contributed by atoms with Crippen molar-refractivity contribution < 1.29 is 4.74 Å². The smallest absolute Gasteiger partial charge is 0.146 e. The number of nitriles is 1. The first kappa shape index (κ1) is 20.3. The summed E-state index contributed by atoms with van der Waals surface area (Å²) in [5.41, 5.74) is 2.40. The molecule has 3 aromatic rings. The van der Waals surface area contributed by atoms with Crippen LogP contribution in [0.2, 0.25) is 0 Å². The standard InChI is InChI=1S/C23H26N6OS/c24-6-7-27-8-10-29(11-9-27)22-21-19(18-4-2-1-3-5-18)17-31-23(21)26-20(25-22)16-28-12-14-30-15-13-28/h1-5,17H,7-16H2. The van der Waals surface area contributed by atoms with Crippen molar-refractivity contribution in [2.24, 2.45) is 0 Å². The van der Waals surface area contributed by atoms with Gasteiger partial charge >= 0.3 is 0 Å². The third-order valence-electron chi connectivity index (χ3n) is 5.98. The zero-order chi connectivity index (χ0) is 21.0. The van der Waals surface area contributed by atoms with Crippen LogP contribution in [0, 0.1) is 11.3 Å². The minimum absolute atomic E-state index is 0.489. The third-order valence-corrected chi connectivity index (χ3v) is 6.85. The van der Waals surface area contributed by atoms with Gasteiger partial charge in [0.2, 0.25) is 0 Å². The van der Waals surface area contributed by atoms with Gasteiger partial charge in [-0.25, -0.2) is 9.97 Å².